The summed E-state index contributed by atoms with van der Waals surface area (Å²) < 4.78 is 1.85. The number of hydrogen-bond donors (Lipinski definition) is 3. The maximum atomic E-state index is 4.65. The van der Waals surface area contributed by atoms with Crippen molar-refractivity contribution in [3.8, 4) is 11.3 Å². The second-order valence-electron chi connectivity index (χ2n) is 5.58. The highest BCUT2D eigenvalue weighted by Gasteiger charge is 2.22. The number of nitrogens with zero attached hydrogens (tertiary/aromatic N) is 3. The molecule has 6 nitrogen and oxygen atoms in total. The lowest BCUT2D eigenvalue weighted by atomic mass is 10.0. The monoisotopic (exact) mass is 314 g/mol. The molecule has 0 radical (unpaired) electrons. The summed E-state index contributed by atoms with van der Waals surface area (Å²) in [5.74, 6) is 0.566. The molecule has 0 bridgehead atoms. The summed E-state index contributed by atoms with van der Waals surface area (Å²) in [7, 11) is 0. The first-order chi connectivity index (χ1) is 10.8. The Bertz CT molecular complexity index is 733. The van der Waals surface area contributed by atoms with Gasteiger partial charge in [0.2, 0.25) is 10.1 Å². The molecular formula is C15H18N6S. The molecule has 2 unspecified atom stereocenters. The molecule has 1 fully saturated rings. The Morgan fingerprint density at radius 2 is 2.23 bits per heavy atom. The summed E-state index contributed by atoms with van der Waals surface area (Å²) in [5.41, 5.74) is 8.49. The third-order valence-electron chi connectivity index (χ3n) is 4.03. The van der Waals surface area contributed by atoms with Gasteiger partial charge in [0.25, 0.3) is 0 Å². The summed E-state index contributed by atoms with van der Waals surface area (Å²) in [6.07, 6.45) is 1.98. The van der Waals surface area contributed by atoms with Gasteiger partial charge in [-0.15, -0.1) is 5.10 Å². The zero-order valence-corrected chi connectivity index (χ0v) is 13.1. The first-order valence-electron chi connectivity index (χ1n) is 7.43. The van der Waals surface area contributed by atoms with Gasteiger partial charge in [0.1, 0.15) is 0 Å². The van der Waals surface area contributed by atoms with Gasteiger partial charge in [-0.1, -0.05) is 41.7 Å². The van der Waals surface area contributed by atoms with Crippen LogP contribution in [0.4, 0.5) is 5.13 Å². The van der Waals surface area contributed by atoms with Crippen LogP contribution in [0.5, 0.6) is 0 Å². The smallest absolute Gasteiger partial charge is 0.214 e. The fourth-order valence-corrected chi connectivity index (χ4v) is 3.42. The molecular weight excluding hydrogens is 296 g/mol. The number of imidazole rings is 1. The molecule has 3 aromatic rings. The van der Waals surface area contributed by atoms with Gasteiger partial charge < -0.3 is 5.32 Å². The van der Waals surface area contributed by atoms with Crippen molar-refractivity contribution in [2.75, 3.05) is 18.4 Å². The maximum Gasteiger partial charge on any atom is 0.214 e. The maximum absolute atomic E-state index is 4.65. The van der Waals surface area contributed by atoms with Crippen LogP contribution in [-0.4, -0.2) is 33.7 Å². The van der Waals surface area contributed by atoms with Gasteiger partial charge in [0.05, 0.1) is 11.9 Å². The average molecular weight is 314 g/mol. The molecule has 0 spiro atoms. The minimum atomic E-state index is 0.473. The van der Waals surface area contributed by atoms with E-state index >= 15 is 0 Å². The second-order valence-corrected chi connectivity index (χ2v) is 6.54. The summed E-state index contributed by atoms with van der Waals surface area (Å²) in [5, 5.41) is 8.90. The second kappa shape index (κ2) is 5.68. The Hall–Kier alpha value is -1.96. The van der Waals surface area contributed by atoms with Crippen molar-refractivity contribution in [3.63, 3.8) is 0 Å². The van der Waals surface area contributed by atoms with Crippen molar-refractivity contribution >= 4 is 21.4 Å². The molecule has 1 aromatic carbocycles. The highest BCUT2D eigenvalue weighted by Crippen LogP contribution is 2.24. The van der Waals surface area contributed by atoms with Crippen LogP contribution in [0.15, 0.2) is 36.5 Å². The lowest BCUT2D eigenvalue weighted by Crippen LogP contribution is -2.30. The highest BCUT2D eigenvalue weighted by molar-refractivity contribution is 7.20. The van der Waals surface area contributed by atoms with E-state index in [2.05, 4.69) is 45.3 Å². The molecule has 2 atom stereocenters. The van der Waals surface area contributed by atoms with Crippen LogP contribution in [-0.2, 0) is 0 Å². The minimum Gasteiger partial charge on any atom is -0.360 e. The number of rotatable bonds is 4. The zero-order chi connectivity index (χ0) is 14.9. The Balaban J connectivity index is 1.49. The summed E-state index contributed by atoms with van der Waals surface area (Å²) in [6, 6.07) is 10.7. The van der Waals surface area contributed by atoms with Crippen molar-refractivity contribution < 1.29 is 0 Å². The van der Waals surface area contributed by atoms with Gasteiger partial charge in [0, 0.05) is 30.6 Å². The van der Waals surface area contributed by atoms with E-state index in [1.807, 2.05) is 28.9 Å². The predicted octanol–water partition coefficient (Wildman–Crippen LogP) is 1.98. The molecule has 3 heterocycles. The lowest BCUT2D eigenvalue weighted by Gasteiger charge is -2.13. The number of fused-ring (bicyclic) bond motifs is 1. The van der Waals surface area contributed by atoms with E-state index in [0.717, 1.165) is 34.4 Å². The van der Waals surface area contributed by atoms with E-state index in [0.29, 0.717) is 12.0 Å². The highest BCUT2D eigenvalue weighted by atomic mass is 32.1. The van der Waals surface area contributed by atoms with Crippen LogP contribution in [0.1, 0.15) is 6.92 Å². The van der Waals surface area contributed by atoms with E-state index < -0.39 is 0 Å². The molecule has 3 N–H and O–H groups in total. The minimum absolute atomic E-state index is 0.473. The molecule has 0 amide bonds. The Kier molecular flexibility index (Phi) is 3.53. The molecule has 7 heteroatoms. The summed E-state index contributed by atoms with van der Waals surface area (Å²) in [4.78, 5) is 5.57. The van der Waals surface area contributed by atoms with Gasteiger partial charge in [-0.05, 0) is 6.92 Å². The van der Waals surface area contributed by atoms with Gasteiger partial charge >= 0.3 is 0 Å². The number of nitrogens with one attached hydrogen (secondary N) is 3. The largest absolute Gasteiger partial charge is 0.360 e. The van der Waals surface area contributed by atoms with E-state index in [4.69, 9.17) is 0 Å². The predicted molar refractivity (Wildman–Crippen MR) is 88.9 cm³/mol. The molecule has 1 saturated heterocycles. The van der Waals surface area contributed by atoms with Crippen molar-refractivity contribution in [2.45, 2.75) is 13.0 Å². The molecule has 1 aliphatic heterocycles. The van der Waals surface area contributed by atoms with Crippen LogP contribution in [0, 0.1) is 5.92 Å². The van der Waals surface area contributed by atoms with E-state index in [9.17, 15) is 0 Å². The Morgan fingerprint density at radius 3 is 2.95 bits per heavy atom. The summed E-state index contributed by atoms with van der Waals surface area (Å²) in [6.45, 7) is 4.07. The number of hydrazine groups is 1. The molecule has 0 aliphatic carbocycles. The quantitative estimate of drug-likeness (QED) is 0.687. The fourth-order valence-electron chi connectivity index (χ4n) is 2.63. The van der Waals surface area contributed by atoms with Crippen LogP contribution >= 0.6 is 11.3 Å². The Labute approximate surface area is 132 Å². The molecule has 1 aliphatic rings. The number of benzene rings is 1. The standard InChI is InChI=1S/C15H18N6S/c1-10-12(8-17-19-10)7-16-14-20-21-9-13(18-15(21)22-14)11-5-3-2-4-6-11/h2-6,9-10,12,17,19H,7-8H2,1H3,(H,16,20). The number of anilines is 1. The van der Waals surface area contributed by atoms with Gasteiger partial charge in [0.15, 0.2) is 0 Å². The van der Waals surface area contributed by atoms with E-state index in [1.54, 1.807) is 11.3 Å². The topological polar surface area (TPSA) is 66.3 Å². The van der Waals surface area contributed by atoms with E-state index in [-0.39, 0.29) is 0 Å². The normalized spacial score (nSPS) is 21.5. The summed E-state index contributed by atoms with van der Waals surface area (Å²) >= 11 is 1.59. The zero-order valence-electron chi connectivity index (χ0n) is 12.3. The first-order valence-corrected chi connectivity index (χ1v) is 8.25. The molecule has 114 valence electrons. The Morgan fingerprint density at radius 1 is 1.36 bits per heavy atom. The SMILES string of the molecule is CC1NNCC1CNc1nn2cc(-c3ccccc3)nc2s1. The molecule has 0 saturated carbocycles. The average Bonchev–Trinajstić information content (AvgIpc) is 3.20. The molecule has 4 rings (SSSR count). The van der Waals surface area contributed by atoms with Crippen LogP contribution in [0.3, 0.4) is 0 Å². The van der Waals surface area contributed by atoms with Crippen LogP contribution in [0.2, 0.25) is 0 Å². The number of hydrogen-bond acceptors (Lipinski definition) is 6. The van der Waals surface area contributed by atoms with Crippen molar-refractivity contribution in [2.24, 2.45) is 5.92 Å². The van der Waals surface area contributed by atoms with Crippen molar-refractivity contribution in [3.05, 3.63) is 36.5 Å². The van der Waals surface area contributed by atoms with Crippen LogP contribution < -0.4 is 16.2 Å². The van der Waals surface area contributed by atoms with Gasteiger partial charge in [-0.2, -0.15) is 0 Å². The lowest BCUT2D eigenvalue weighted by molar-refractivity contribution is 0.509. The van der Waals surface area contributed by atoms with Crippen molar-refractivity contribution in [1.29, 1.82) is 0 Å². The molecule has 2 aromatic heterocycles. The van der Waals surface area contributed by atoms with Crippen molar-refractivity contribution in [1.82, 2.24) is 25.4 Å². The first kappa shape index (κ1) is 13.7. The molecule has 22 heavy (non-hydrogen) atoms. The fraction of sp³-hybridized carbons (Fsp3) is 0.333. The van der Waals surface area contributed by atoms with E-state index in [1.165, 1.54) is 0 Å². The number of aromatic nitrogens is 3. The van der Waals surface area contributed by atoms with Crippen LogP contribution in [0.25, 0.3) is 16.2 Å². The van der Waals surface area contributed by atoms with Gasteiger partial charge in [-0.3, -0.25) is 10.9 Å². The third kappa shape index (κ3) is 2.58. The third-order valence-corrected chi connectivity index (χ3v) is 4.91. The van der Waals surface area contributed by atoms with Gasteiger partial charge in [-0.25, -0.2) is 9.50 Å².